The molecule has 4 aromatic carbocycles. The monoisotopic (exact) mass is 353 g/mol. The average molecular weight is 354 g/mol. The average Bonchev–Trinajstić information content (AvgIpc) is 2.57. The van der Waals surface area contributed by atoms with E-state index in [1.54, 1.807) is 0 Å². The van der Waals surface area contributed by atoms with Gasteiger partial charge in [0.15, 0.2) is 0 Å². The van der Waals surface area contributed by atoms with E-state index in [9.17, 15) is 5.11 Å². The minimum Gasteiger partial charge on any atom is -0.391 e. The minimum atomic E-state index is -0.601. The molecule has 0 fully saturated rings. The van der Waals surface area contributed by atoms with Crippen LogP contribution in [0, 0.1) is 5.41 Å². The summed E-state index contributed by atoms with van der Waals surface area (Å²) in [4.78, 5) is 0. The number of halogens is 1. The molecule has 3 N–H and O–H groups in total. The molecule has 0 radical (unpaired) electrons. The number of nitrogens with two attached hydrogens (primary N) is 1. The fraction of sp³-hybridized carbons (Fsp3) is 0.273. The Morgan fingerprint density at radius 1 is 0.800 bits per heavy atom. The van der Waals surface area contributed by atoms with E-state index in [1.807, 2.05) is 20.8 Å². The highest BCUT2D eigenvalue weighted by Gasteiger charge is 2.30. The lowest BCUT2D eigenvalue weighted by Crippen LogP contribution is -2.37. The van der Waals surface area contributed by atoms with E-state index in [2.05, 4.69) is 54.6 Å². The van der Waals surface area contributed by atoms with Crippen molar-refractivity contribution >= 4 is 44.7 Å². The SMILES string of the molecule is CC(C)(C)[C@H](O)[C@H](N)c1ccc2ccc3cccc4ccc1c2c34.Cl. The molecule has 0 heterocycles. The third-order valence-electron chi connectivity index (χ3n) is 5.15. The van der Waals surface area contributed by atoms with Gasteiger partial charge in [0.05, 0.1) is 12.1 Å². The summed E-state index contributed by atoms with van der Waals surface area (Å²) in [6.45, 7) is 6.06. The van der Waals surface area contributed by atoms with Gasteiger partial charge in [0.1, 0.15) is 0 Å². The van der Waals surface area contributed by atoms with Gasteiger partial charge in [-0.05, 0) is 43.3 Å². The molecule has 25 heavy (non-hydrogen) atoms. The first-order valence-corrected chi connectivity index (χ1v) is 8.48. The maximum Gasteiger partial charge on any atom is 0.0781 e. The van der Waals surface area contributed by atoms with Crippen LogP contribution in [0.1, 0.15) is 32.4 Å². The number of rotatable bonds is 2. The molecule has 2 nitrogen and oxygen atoms in total. The molecule has 4 rings (SSSR count). The largest absolute Gasteiger partial charge is 0.391 e. The highest BCUT2D eigenvalue weighted by molar-refractivity contribution is 6.23. The second-order valence-electron chi connectivity index (χ2n) is 7.85. The van der Waals surface area contributed by atoms with E-state index in [-0.39, 0.29) is 17.8 Å². The van der Waals surface area contributed by atoms with E-state index in [1.165, 1.54) is 26.9 Å². The molecule has 0 amide bonds. The summed E-state index contributed by atoms with van der Waals surface area (Å²) in [5, 5.41) is 18.1. The zero-order valence-electron chi connectivity index (χ0n) is 14.8. The normalized spacial score (nSPS) is 14.8. The van der Waals surface area contributed by atoms with Crippen LogP contribution in [-0.4, -0.2) is 11.2 Å². The molecule has 130 valence electrons. The van der Waals surface area contributed by atoms with Crippen molar-refractivity contribution in [1.29, 1.82) is 0 Å². The molecule has 2 atom stereocenters. The summed E-state index contributed by atoms with van der Waals surface area (Å²) >= 11 is 0. The van der Waals surface area contributed by atoms with Crippen LogP contribution in [0.15, 0.2) is 54.6 Å². The first kappa shape index (κ1) is 17.9. The van der Waals surface area contributed by atoms with Crippen LogP contribution in [0.3, 0.4) is 0 Å². The van der Waals surface area contributed by atoms with Crippen molar-refractivity contribution in [3.8, 4) is 0 Å². The third-order valence-corrected chi connectivity index (χ3v) is 5.15. The summed E-state index contributed by atoms with van der Waals surface area (Å²) in [5.41, 5.74) is 7.23. The molecular weight excluding hydrogens is 330 g/mol. The summed E-state index contributed by atoms with van der Waals surface area (Å²) in [6, 6.07) is 18.8. The first-order chi connectivity index (χ1) is 11.4. The van der Waals surface area contributed by atoms with Crippen LogP contribution >= 0.6 is 12.4 Å². The van der Waals surface area contributed by atoms with Gasteiger partial charge in [0.25, 0.3) is 0 Å². The second-order valence-corrected chi connectivity index (χ2v) is 7.85. The number of hydrogen-bond donors (Lipinski definition) is 2. The molecule has 0 unspecified atom stereocenters. The van der Waals surface area contributed by atoms with E-state index in [4.69, 9.17) is 5.73 Å². The Kier molecular flexibility index (Phi) is 4.40. The zero-order valence-corrected chi connectivity index (χ0v) is 15.6. The summed E-state index contributed by atoms with van der Waals surface area (Å²) in [6.07, 6.45) is -0.601. The summed E-state index contributed by atoms with van der Waals surface area (Å²) < 4.78 is 0. The van der Waals surface area contributed by atoms with E-state index in [0.29, 0.717) is 0 Å². The van der Waals surface area contributed by atoms with Crippen molar-refractivity contribution in [2.24, 2.45) is 11.1 Å². The minimum absolute atomic E-state index is 0. The van der Waals surface area contributed by atoms with Gasteiger partial charge >= 0.3 is 0 Å². The third kappa shape index (κ3) is 2.75. The van der Waals surface area contributed by atoms with Crippen LogP contribution in [0.4, 0.5) is 0 Å². The summed E-state index contributed by atoms with van der Waals surface area (Å²) in [7, 11) is 0. The van der Waals surface area contributed by atoms with Crippen LogP contribution in [0.2, 0.25) is 0 Å². The topological polar surface area (TPSA) is 46.2 Å². The molecule has 0 aliphatic carbocycles. The predicted molar refractivity (Wildman–Crippen MR) is 110 cm³/mol. The maximum atomic E-state index is 10.7. The van der Waals surface area contributed by atoms with Crippen molar-refractivity contribution in [2.45, 2.75) is 32.9 Å². The Labute approximate surface area is 154 Å². The van der Waals surface area contributed by atoms with Gasteiger partial charge in [0.2, 0.25) is 0 Å². The summed E-state index contributed by atoms with van der Waals surface area (Å²) in [5.74, 6) is 0. The van der Waals surface area contributed by atoms with Gasteiger partial charge in [-0.25, -0.2) is 0 Å². The standard InChI is InChI=1S/C22H23NO.ClH/c1-22(2,3)21(24)20(23)17-12-10-15-8-7-13-5-4-6-14-9-11-16(17)19(15)18(13)14;/h4-12,20-21,24H,23H2,1-3H3;1H/t20-,21-;/m1./s1. The van der Waals surface area contributed by atoms with Gasteiger partial charge in [0, 0.05) is 0 Å². The molecule has 0 aliphatic heterocycles. The molecule has 3 heteroatoms. The van der Waals surface area contributed by atoms with Gasteiger partial charge < -0.3 is 10.8 Å². The highest BCUT2D eigenvalue weighted by atomic mass is 35.5. The molecule has 0 aliphatic rings. The Bertz CT molecular complexity index is 1020. The number of aliphatic hydroxyl groups is 1. The number of benzene rings is 4. The smallest absolute Gasteiger partial charge is 0.0781 e. The molecule has 0 saturated heterocycles. The Morgan fingerprint density at radius 2 is 1.32 bits per heavy atom. The molecule has 0 saturated carbocycles. The Hall–Kier alpha value is -1.87. The van der Waals surface area contributed by atoms with Crippen LogP contribution < -0.4 is 5.73 Å². The van der Waals surface area contributed by atoms with Crippen molar-refractivity contribution in [1.82, 2.24) is 0 Å². The van der Waals surface area contributed by atoms with E-state index >= 15 is 0 Å². The molecule has 0 bridgehead atoms. The van der Waals surface area contributed by atoms with E-state index < -0.39 is 12.1 Å². The van der Waals surface area contributed by atoms with Crippen LogP contribution in [-0.2, 0) is 0 Å². The quantitative estimate of drug-likeness (QED) is 0.473. The van der Waals surface area contributed by atoms with Gasteiger partial charge in [-0.15, -0.1) is 12.4 Å². The maximum absolute atomic E-state index is 10.7. The van der Waals surface area contributed by atoms with Crippen molar-refractivity contribution in [3.63, 3.8) is 0 Å². The highest BCUT2D eigenvalue weighted by Crippen LogP contribution is 2.39. The van der Waals surface area contributed by atoms with Gasteiger partial charge in [-0.3, -0.25) is 0 Å². The number of hydrogen-bond acceptors (Lipinski definition) is 2. The first-order valence-electron chi connectivity index (χ1n) is 8.48. The predicted octanol–water partition coefficient (Wildman–Crippen LogP) is 5.41. The van der Waals surface area contributed by atoms with E-state index in [0.717, 1.165) is 10.9 Å². The van der Waals surface area contributed by atoms with Crippen LogP contribution in [0.5, 0.6) is 0 Å². The lowest BCUT2D eigenvalue weighted by Gasteiger charge is -2.31. The van der Waals surface area contributed by atoms with Crippen molar-refractivity contribution < 1.29 is 5.11 Å². The fourth-order valence-corrected chi connectivity index (χ4v) is 3.76. The zero-order chi connectivity index (χ0) is 17.1. The number of aliphatic hydroxyl groups excluding tert-OH is 1. The van der Waals surface area contributed by atoms with Gasteiger partial charge in [-0.2, -0.15) is 0 Å². The van der Waals surface area contributed by atoms with Crippen molar-refractivity contribution in [2.75, 3.05) is 0 Å². The fourth-order valence-electron chi connectivity index (χ4n) is 3.76. The molecule has 0 aromatic heterocycles. The Morgan fingerprint density at radius 3 is 1.92 bits per heavy atom. The second kappa shape index (κ2) is 6.14. The molecular formula is C22H24ClNO. The lowest BCUT2D eigenvalue weighted by atomic mass is 9.80. The van der Waals surface area contributed by atoms with Gasteiger partial charge in [-0.1, -0.05) is 75.4 Å². The lowest BCUT2D eigenvalue weighted by molar-refractivity contribution is 0.0405. The van der Waals surface area contributed by atoms with Crippen LogP contribution in [0.25, 0.3) is 32.3 Å². The molecule has 4 aromatic rings. The van der Waals surface area contributed by atoms with Crippen molar-refractivity contribution in [3.05, 3.63) is 60.2 Å². The Balaban J connectivity index is 0.00000182. The molecule has 0 spiro atoms.